The standard InChI is InChI=1S/C18H17FN4O2S2/c19-13-3-1-4-14(11-13)23-17(22-6-8-25-9-7-22)20-21-18(23)27-12-15(24)16-5-2-10-26-16/h1-5,10-11H,6-9,12H2. The molecule has 0 amide bonds. The molecule has 0 radical (unpaired) electrons. The van der Waals surface area contributed by atoms with Crippen LogP contribution in [0.2, 0.25) is 0 Å². The van der Waals surface area contributed by atoms with Crippen LogP contribution in [-0.4, -0.2) is 52.6 Å². The lowest BCUT2D eigenvalue weighted by atomic mass is 10.3. The van der Waals surface area contributed by atoms with Gasteiger partial charge in [0.25, 0.3) is 0 Å². The Morgan fingerprint density at radius 3 is 2.81 bits per heavy atom. The van der Waals surface area contributed by atoms with Gasteiger partial charge in [0.05, 0.1) is 29.5 Å². The predicted molar refractivity (Wildman–Crippen MR) is 104 cm³/mol. The number of thiophene rings is 1. The molecule has 0 atom stereocenters. The fourth-order valence-corrected chi connectivity index (χ4v) is 4.39. The van der Waals surface area contributed by atoms with E-state index in [1.54, 1.807) is 10.6 Å². The van der Waals surface area contributed by atoms with Crippen molar-refractivity contribution in [2.45, 2.75) is 5.16 Å². The molecule has 1 aliphatic heterocycles. The molecule has 3 aromatic rings. The van der Waals surface area contributed by atoms with Crippen LogP contribution < -0.4 is 4.90 Å². The first-order valence-electron chi connectivity index (χ1n) is 8.46. The van der Waals surface area contributed by atoms with Gasteiger partial charge in [-0.3, -0.25) is 9.36 Å². The van der Waals surface area contributed by atoms with Gasteiger partial charge in [-0.05, 0) is 29.6 Å². The molecule has 6 nitrogen and oxygen atoms in total. The first-order valence-corrected chi connectivity index (χ1v) is 10.3. The molecular formula is C18H17FN4O2S2. The van der Waals surface area contributed by atoms with Crippen LogP contribution in [0, 0.1) is 5.82 Å². The van der Waals surface area contributed by atoms with E-state index in [0.717, 1.165) is 0 Å². The van der Waals surface area contributed by atoms with Gasteiger partial charge in [-0.15, -0.1) is 21.5 Å². The van der Waals surface area contributed by atoms with Gasteiger partial charge in [0, 0.05) is 13.1 Å². The number of ether oxygens (including phenoxy) is 1. The van der Waals surface area contributed by atoms with Gasteiger partial charge in [0.15, 0.2) is 10.9 Å². The number of thioether (sulfide) groups is 1. The van der Waals surface area contributed by atoms with Crippen LogP contribution in [-0.2, 0) is 4.74 Å². The van der Waals surface area contributed by atoms with E-state index in [1.807, 2.05) is 23.6 Å². The smallest absolute Gasteiger partial charge is 0.232 e. The minimum atomic E-state index is -0.334. The number of Topliss-reactive ketones (excluding diaryl/α,β-unsaturated/α-hetero) is 1. The lowest BCUT2D eigenvalue weighted by Crippen LogP contribution is -2.37. The van der Waals surface area contributed by atoms with E-state index >= 15 is 0 Å². The highest BCUT2D eigenvalue weighted by atomic mass is 32.2. The molecule has 2 aromatic heterocycles. The van der Waals surface area contributed by atoms with Crippen molar-refractivity contribution < 1.29 is 13.9 Å². The fourth-order valence-electron chi connectivity index (χ4n) is 2.80. The molecule has 1 aliphatic rings. The summed E-state index contributed by atoms with van der Waals surface area (Å²) in [5.74, 6) is 0.586. The topological polar surface area (TPSA) is 60.3 Å². The Kier molecular flexibility index (Phi) is 5.51. The maximum atomic E-state index is 13.8. The second-order valence-electron chi connectivity index (χ2n) is 5.89. The average molecular weight is 404 g/mol. The van der Waals surface area contributed by atoms with Crippen LogP contribution in [0.4, 0.5) is 10.3 Å². The van der Waals surface area contributed by atoms with E-state index in [2.05, 4.69) is 15.1 Å². The highest BCUT2D eigenvalue weighted by Crippen LogP contribution is 2.28. The number of ketones is 1. The summed E-state index contributed by atoms with van der Waals surface area (Å²) >= 11 is 2.72. The zero-order valence-electron chi connectivity index (χ0n) is 14.4. The Balaban J connectivity index is 1.64. The van der Waals surface area contributed by atoms with Crippen LogP contribution in [0.5, 0.6) is 0 Å². The van der Waals surface area contributed by atoms with Crippen LogP contribution in [0.15, 0.2) is 46.9 Å². The number of carbonyl (C=O) groups is 1. The second-order valence-corrected chi connectivity index (χ2v) is 7.78. The highest BCUT2D eigenvalue weighted by molar-refractivity contribution is 7.99. The van der Waals surface area contributed by atoms with Gasteiger partial charge < -0.3 is 9.64 Å². The predicted octanol–water partition coefficient (Wildman–Crippen LogP) is 3.28. The number of nitrogens with zero attached hydrogens (tertiary/aromatic N) is 4. The fraction of sp³-hybridized carbons (Fsp3) is 0.278. The van der Waals surface area contributed by atoms with Crippen molar-refractivity contribution >= 4 is 34.8 Å². The molecule has 4 rings (SSSR count). The molecule has 3 heterocycles. The molecular weight excluding hydrogens is 387 g/mol. The van der Waals surface area contributed by atoms with Gasteiger partial charge >= 0.3 is 0 Å². The molecule has 0 aliphatic carbocycles. The molecule has 1 fully saturated rings. The van der Waals surface area contributed by atoms with Crippen molar-refractivity contribution in [3.05, 3.63) is 52.5 Å². The quantitative estimate of drug-likeness (QED) is 0.464. The van der Waals surface area contributed by atoms with Crippen molar-refractivity contribution in [1.29, 1.82) is 0 Å². The van der Waals surface area contributed by atoms with E-state index in [1.165, 1.54) is 35.2 Å². The van der Waals surface area contributed by atoms with Gasteiger partial charge in [-0.1, -0.05) is 23.9 Å². The summed E-state index contributed by atoms with van der Waals surface area (Å²) < 4.78 is 21.0. The Bertz CT molecular complexity index is 923. The van der Waals surface area contributed by atoms with Crippen LogP contribution in [0.3, 0.4) is 0 Å². The monoisotopic (exact) mass is 404 g/mol. The van der Waals surface area contributed by atoms with Gasteiger partial charge in [-0.2, -0.15) is 0 Å². The molecule has 0 saturated carbocycles. The summed E-state index contributed by atoms with van der Waals surface area (Å²) in [6, 6.07) is 9.97. The van der Waals surface area contributed by atoms with Crippen molar-refractivity contribution in [3.63, 3.8) is 0 Å². The SMILES string of the molecule is O=C(CSc1nnc(N2CCOCC2)n1-c1cccc(F)c1)c1cccs1. The number of anilines is 1. The lowest BCUT2D eigenvalue weighted by molar-refractivity contribution is 0.102. The first-order chi connectivity index (χ1) is 13.2. The molecule has 0 spiro atoms. The summed E-state index contributed by atoms with van der Waals surface area (Å²) in [4.78, 5) is 15.1. The maximum Gasteiger partial charge on any atom is 0.232 e. The number of aromatic nitrogens is 3. The van der Waals surface area contributed by atoms with E-state index in [9.17, 15) is 9.18 Å². The largest absolute Gasteiger partial charge is 0.378 e. The van der Waals surface area contributed by atoms with Crippen molar-refractivity contribution in [3.8, 4) is 5.69 Å². The van der Waals surface area contributed by atoms with Crippen LogP contribution in [0.25, 0.3) is 5.69 Å². The lowest BCUT2D eigenvalue weighted by Gasteiger charge is -2.27. The molecule has 0 unspecified atom stereocenters. The molecule has 9 heteroatoms. The molecule has 1 saturated heterocycles. The average Bonchev–Trinajstić information content (AvgIpc) is 3.37. The van der Waals surface area contributed by atoms with Crippen molar-refractivity contribution in [2.75, 3.05) is 37.0 Å². The number of benzene rings is 1. The van der Waals surface area contributed by atoms with Crippen LogP contribution in [0.1, 0.15) is 9.67 Å². The number of rotatable bonds is 6. The normalized spacial score (nSPS) is 14.5. The molecule has 1 aromatic carbocycles. The molecule has 0 bridgehead atoms. The second kappa shape index (κ2) is 8.20. The van der Waals surface area contributed by atoms with E-state index < -0.39 is 0 Å². The molecule has 27 heavy (non-hydrogen) atoms. The third kappa shape index (κ3) is 4.05. The summed E-state index contributed by atoms with van der Waals surface area (Å²) in [6.45, 7) is 2.59. The summed E-state index contributed by atoms with van der Waals surface area (Å²) in [7, 11) is 0. The van der Waals surface area contributed by atoms with Gasteiger partial charge in [-0.25, -0.2) is 4.39 Å². The zero-order chi connectivity index (χ0) is 18.6. The van der Waals surface area contributed by atoms with E-state index in [4.69, 9.17) is 4.74 Å². The Morgan fingerprint density at radius 2 is 2.07 bits per heavy atom. The summed E-state index contributed by atoms with van der Waals surface area (Å²) in [5, 5.41) is 11.0. The Morgan fingerprint density at radius 1 is 1.22 bits per heavy atom. The Labute approximate surface area is 164 Å². The number of hydrogen-bond acceptors (Lipinski definition) is 7. The molecule has 140 valence electrons. The summed E-state index contributed by atoms with van der Waals surface area (Å²) in [6.07, 6.45) is 0. The highest BCUT2D eigenvalue weighted by Gasteiger charge is 2.22. The van der Waals surface area contributed by atoms with Crippen molar-refractivity contribution in [2.24, 2.45) is 0 Å². The first kappa shape index (κ1) is 18.1. The molecule has 0 N–H and O–H groups in total. The third-order valence-corrected chi connectivity index (χ3v) is 5.94. The van der Waals surface area contributed by atoms with Gasteiger partial charge in [0.2, 0.25) is 5.95 Å². The number of hydrogen-bond donors (Lipinski definition) is 0. The minimum absolute atomic E-state index is 0.0386. The van der Waals surface area contributed by atoms with E-state index in [0.29, 0.717) is 48.0 Å². The third-order valence-electron chi connectivity index (χ3n) is 4.10. The Hall–Kier alpha value is -2.23. The number of morpholine rings is 1. The van der Waals surface area contributed by atoms with Gasteiger partial charge in [0.1, 0.15) is 5.82 Å². The zero-order valence-corrected chi connectivity index (χ0v) is 16.0. The van der Waals surface area contributed by atoms with Crippen molar-refractivity contribution in [1.82, 2.24) is 14.8 Å². The summed E-state index contributed by atoms with van der Waals surface area (Å²) in [5.41, 5.74) is 0.632. The van der Waals surface area contributed by atoms with E-state index in [-0.39, 0.29) is 17.4 Å². The number of halogens is 1. The van der Waals surface area contributed by atoms with Crippen LogP contribution >= 0.6 is 23.1 Å². The minimum Gasteiger partial charge on any atom is -0.378 e. The number of carbonyl (C=O) groups excluding carboxylic acids is 1. The maximum absolute atomic E-state index is 13.8.